The van der Waals surface area contributed by atoms with E-state index < -0.39 is 0 Å². The molecule has 1 aliphatic heterocycles. The van der Waals surface area contributed by atoms with Gasteiger partial charge in [0.1, 0.15) is 5.15 Å². The fourth-order valence-electron chi connectivity index (χ4n) is 2.97. The van der Waals surface area contributed by atoms with Crippen LogP contribution in [0.5, 0.6) is 0 Å². The fourth-order valence-corrected chi connectivity index (χ4v) is 3.08. The topological polar surface area (TPSA) is 58.3 Å². The molecule has 1 N–H and O–H groups in total. The molecule has 2 aromatic heterocycles. The summed E-state index contributed by atoms with van der Waals surface area (Å²) < 4.78 is 1.87. The first-order valence-corrected chi connectivity index (χ1v) is 8.65. The van der Waals surface area contributed by atoms with E-state index in [1.807, 2.05) is 24.0 Å². The van der Waals surface area contributed by atoms with Crippen LogP contribution in [0, 0.1) is 0 Å². The summed E-state index contributed by atoms with van der Waals surface area (Å²) in [5.74, 6) is 1.47. The smallest absolute Gasteiger partial charge is 0.194 e. The lowest BCUT2D eigenvalue weighted by atomic mass is 10.0. The highest BCUT2D eigenvalue weighted by molar-refractivity contribution is 6.29. The minimum absolute atomic E-state index is 0.508. The van der Waals surface area contributed by atoms with E-state index in [0.717, 1.165) is 37.6 Å². The Morgan fingerprint density at radius 2 is 2.29 bits per heavy atom. The van der Waals surface area contributed by atoms with Crippen molar-refractivity contribution in [1.82, 2.24) is 25.0 Å². The average Bonchev–Trinajstić information content (AvgIpc) is 3.22. The molecule has 0 saturated carbocycles. The lowest BCUT2D eigenvalue weighted by Crippen LogP contribution is -2.40. The molecule has 1 fully saturated rings. The Hall–Kier alpha value is -2.08. The SMILES string of the molecule is CCNC(=NCc1ccc(Cl)nc1)N1CCC(c2cnn(C)c2)C1. The lowest BCUT2D eigenvalue weighted by molar-refractivity contribution is 0.486. The Balaban J connectivity index is 1.66. The number of halogens is 1. The number of rotatable bonds is 4. The van der Waals surface area contributed by atoms with Crippen molar-refractivity contribution in [2.45, 2.75) is 25.8 Å². The molecule has 0 aliphatic carbocycles. The molecule has 3 heterocycles. The van der Waals surface area contributed by atoms with Crippen LogP contribution < -0.4 is 5.32 Å². The van der Waals surface area contributed by atoms with Gasteiger partial charge in [-0.15, -0.1) is 0 Å². The summed E-state index contributed by atoms with van der Waals surface area (Å²) in [7, 11) is 1.96. The Morgan fingerprint density at radius 1 is 1.42 bits per heavy atom. The molecule has 7 heteroatoms. The molecule has 0 bridgehead atoms. The minimum Gasteiger partial charge on any atom is -0.357 e. The first-order chi connectivity index (χ1) is 11.7. The number of nitrogens with zero attached hydrogens (tertiary/aromatic N) is 5. The van der Waals surface area contributed by atoms with Gasteiger partial charge in [-0.3, -0.25) is 4.68 Å². The van der Waals surface area contributed by atoms with Crippen LogP contribution >= 0.6 is 11.6 Å². The number of pyridine rings is 1. The van der Waals surface area contributed by atoms with Crippen molar-refractivity contribution in [1.29, 1.82) is 0 Å². The van der Waals surface area contributed by atoms with E-state index in [9.17, 15) is 0 Å². The number of aliphatic imine (C=N–C) groups is 1. The van der Waals surface area contributed by atoms with Gasteiger partial charge in [-0.25, -0.2) is 9.98 Å². The van der Waals surface area contributed by atoms with E-state index in [0.29, 0.717) is 17.6 Å². The van der Waals surface area contributed by atoms with Crippen LogP contribution in [-0.2, 0) is 13.6 Å². The molecule has 2 aromatic rings. The second-order valence-electron chi connectivity index (χ2n) is 6.04. The summed E-state index contributed by atoms with van der Waals surface area (Å²) in [5.41, 5.74) is 2.36. The normalized spacial score (nSPS) is 18.2. The van der Waals surface area contributed by atoms with E-state index in [1.165, 1.54) is 5.56 Å². The zero-order valence-corrected chi connectivity index (χ0v) is 14.9. The maximum Gasteiger partial charge on any atom is 0.194 e. The van der Waals surface area contributed by atoms with Gasteiger partial charge in [-0.05, 0) is 30.5 Å². The molecule has 0 amide bonds. The van der Waals surface area contributed by atoms with Crippen molar-refractivity contribution >= 4 is 17.6 Å². The highest BCUT2D eigenvalue weighted by Crippen LogP contribution is 2.26. The summed E-state index contributed by atoms with van der Waals surface area (Å²) >= 11 is 5.83. The van der Waals surface area contributed by atoms with Crippen molar-refractivity contribution in [2.75, 3.05) is 19.6 Å². The molecule has 1 unspecified atom stereocenters. The molecule has 1 saturated heterocycles. The van der Waals surface area contributed by atoms with Crippen molar-refractivity contribution in [3.05, 3.63) is 47.0 Å². The number of hydrogen-bond donors (Lipinski definition) is 1. The van der Waals surface area contributed by atoms with Crippen LogP contribution in [0.1, 0.15) is 30.4 Å². The summed E-state index contributed by atoms with van der Waals surface area (Å²) in [4.78, 5) is 11.2. The first-order valence-electron chi connectivity index (χ1n) is 8.28. The Morgan fingerprint density at radius 3 is 2.96 bits per heavy atom. The van der Waals surface area contributed by atoms with Crippen LogP contribution in [0.3, 0.4) is 0 Å². The number of likely N-dealkylation sites (tertiary alicyclic amines) is 1. The maximum absolute atomic E-state index is 5.83. The Kier molecular flexibility index (Phi) is 5.35. The van der Waals surface area contributed by atoms with E-state index >= 15 is 0 Å². The summed E-state index contributed by atoms with van der Waals surface area (Å²) in [6.45, 7) is 5.51. The molecular weight excluding hydrogens is 324 g/mol. The predicted molar refractivity (Wildman–Crippen MR) is 96.2 cm³/mol. The largest absolute Gasteiger partial charge is 0.357 e. The molecule has 1 aliphatic rings. The summed E-state index contributed by atoms with van der Waals surface area (Å²) in [6, 6.07) is 3.76. The van der Waals surface area contributed by atoms with Gasteiger partial charge >= 0.3 is 0 Å². The van der Waals surface area contributed by atoms with Gasteiger partial charge in [0, 0.05) is 45.0 Å². The van der Waals surface area contributed by atoms with Gasteiger partial charge in [0.25, 0.3) is 0 Å². The molecule has 0 spiro atoms. The number of guanidine groups is 1. The molecule has 6 nitrogen and oxygen atoms in total. The predicted octanol–water partition coefficient (Wildman–Crippen LogP) is 2.42. The monoisotopic (exact) mass is 346 g/mol. The lowest BCUT2D eigenvalue weighted by Gasteiger charge is -2.21. The van der Waals surface area contributed by atoms with Crippen molar-refractivity contribution in [3.8, 4) is 0 Å². The highest BCUT2D eigenvalue weighted by Gasteiger charge is 2.26. The Labute approximate surface area is 147 Å². The molecule has 3 rings (SSSR count). The van der Waals surface area contributed by atoms with E-state index in [2.05, 4.69) is 33.4 Å². The van der Waals surface area contributed by atoms with Gasteiger partial charge in [-0.2, -0.15) is 5.10 Å². The van der Waals surface area contributed by atoms with E-state index in [-0.39, 0.29) is 0 Å². The highest BCUT2D eigenvalue weighted by atomic mass is 35.5. The van der Waals surface area contributed by atoms with Gasteiger partial charge in [0.05, 0.1) is 12.7 Å². The second-order valence-corrected chi connectivity index (χ2v) is 6.43. The third kappa shape index (κ3) is 4.06. The third-order valence-corrected chi connectivity index (χ3v) is 4.44. The van der Waals surface area contributed by atoms with Crippen molar-refractivity contribution in [2.24, 2.45) is 12.0 Å². The quantitative estimate of drug-likeness (QED) is 0.525. The fraction of sp³-hybridized carbons (Fsp3) is 0.471. The van der Waals surface area contributed by atoms with E-state index in [1.54, 1.807) is 12.3 Å². The summed E-state index contributed by atoms with van der Waals surface area (Å²) in [5, 5.41) is 8.18. The second kappa shape index (κ2) is 7.66. The minimum atomic E-state index is 0.508. The van der Waals surface area contributed by atoms with Gasteiger partial charge in [-0.1, -0.05) is 17.7 Å². The molecule has 128 valence electrons. The van der Waals surface area contributed by atoms with Crippen LogP contribution in [0.15, 0.2) is 35.7 Å². The zero-order valence-electron chi connectivity index (χ0n) is 14.1. The third-order valence-electron chi connectivity index (χ3n) is 4.22. The van der Waals surface area contributed by atoms with Gasteiger partial charge < -0.3 is 10.2 Å². The summed E-state index contributed by atoms with van der Waals surface area (Å²) in [6.07, 6.45) is 6.98. The number of nitrogens with one attached hydrogen (secondary N) is 1. The number of aromatic nitrogens is 3. The number of hydrogen-bond acceptors (Lipinski definition) is 3. The first kappa shape index (κ1) is 16.8. The molecular formula is C17H23ClN6. The molecule has 0 aromatic carbocycles. The van der Waals surface area contributed by atoms with Gasteiger partial charge in [0.15, 0.2) is 5.96 Å². The zero-order chi connectivity index (χ0) is 16.9. The maximum atomic E-state index is 5.83. The van der Waals surface area contributed by atoms with Crippen LogP contribution in [0.25, 0.3) is 0 Å². The average molecular weight is 347 g/mol. The Bertz CT molecular complexity index is 693. The van der Waals surface area contributed by atoms with E-state index in [4.69, 9.17) is 16.6 Å². The molecule has 24 heavy (non-hydrogen) atoms. The van der Waals surface area contributed by atoms with Crippen LogP contribution in [-0.4, -0.2) is 45.3 Å². The van der Waals surface area contributed by atoms with Gasteiger partial charge in [0.2, 0.25) is 0 Å². The van der Waals surface area contributed by atoms with Crippen LogP contribution in [0.2, 0.25) is 5.15 Å². The number of aryl methyl sites for hydroxylation is 1. The van der Waals surface area contributed by atoms with Crippen LogP contribution in [0.4, 0.5) is 0 Å². The molecule has 1 atom stereocenters. The molecule has 0 radical (unpaired) electrons. The van der Waals surface area contributed by atoms with Crippen molar-refractivity contribution < 1.29 is 0 Å². The van der Waals surface area contributed by atoms with Crippen molar-refractivity contribution in [3.63, 3.8) is 0 Å². The standard InChI is InChI=1S/C17H23ClN6/c1-3-19-17(21-9-13-4-5-16(18)20-8-13)24-7-6-14(12-24)15-10-22-23(2)11-15/h4-5,8,10-11,14H,3,6-7,9,12H2,1-2H3,(H,19,21).